The van der Waals surface area contributed by atoms with Crippen LogP contribution in [0.3, 0.4) is 0 Å². The van der Waals surface area contributed by atoms with Gasteiger partial charge in [0, 0.05) is 53.0 Å². The Morgan fingerprint density at radius 3 is 2.73 bits per heavy atom. The van der Waals surface area contributed by atoms with Gasteiger partial charge in [0.2, 0.25) is 0 Å². The average Bonchev–Trinajstić information content (AvgIpc) is 2.52. The fourth-order valence-electron chi connectivity index (χ4n) is 2.70. The van der Waals surface area contributed by atoms with Gasteiger partial charge in [-0.2, -0.15) is 0 Å². The first kappa shape index (κ1) is 17.2. The number of aryl methyl sites for hydroxylation is 1. The fraction of sp³-hybridized carbons (Fsp3) is 0.588. The maximum Gasteiger partial charge on any atom is 0.169 e. The van der Waals surface area contributed by atoms with Gasteiger partial charge in [0.25, 0.3) is 0 Å². The van der Waals surface area contributed by atoms with Gasteiger partial charge in [-0.25, -0.2) is 0 Å². The lowest BCUT2D eigenvalue weighted by Gasteiger charge is -2.36. The van der Waals surface area contributed by atoms with E-state index in [0.29, 0.717) is 0 Å². The molecule has 1 saturated heterocycles. The van der Waals surface area contributed by atoms with E-state index in [9.17, 15) is 0 Å². The molecule has 0 radical (unpaired) electrons. The van der Waals surface area contributed by atoms with Gasteiger partial charge in [0.15, 0.2) is 5.11 Å². The van der Waals surface area contributed by atoms with Gasteiger partial charge < -0.3 is 15.0 Å². The Hall–Kier alpha value is -1.17. The van der Waals surface area contributed by atoms with Crippen LogP contribution in [0, 0.1) is 6.92 Å². The van der Waals surface area contributed by atoms with Crippen molar-refractivity contribution in [1.29, 1.82) is 0 Å². The third kappa shape index (κ3) is 5.55. The van der Waals surface area contributed by atoms with Crippen molar-refractivity contribution >= 4 is 17.3 Å². The van der Waals surface area contributed by atoms with E-state index in [2.05, 4.69) is 46.3 Å². The van der Waals surface area contributed by atoms with Gasteiger partial charge in [0.1, 0.15) is 0 Å². The molecule has 0 aliphatic carbocycles. The summed E-state index contributed by atoms with van der Waals surface area (Å²) in [6.07, 6.45) is 0.990. The highest BCUT2D eigenvalue weighted by atomic mass is 32.1. The Balaban J connectivity index is 1.70. The summed E-state index contributed by atoms with van der Waals surface area (Å²) in [4.78, 5) is 4.77. The molecule has 1 aliphatic rings. The fourth-order valence-corrected chi connectivity index (χ4v) is 2.99. The summed E-state index contributed by atoms with van der Waals surface area (Å²) < 4.78 is 5.04. The van der Waals surface area contributed by atoms with E-state index in [0.717, 1.165) is 57.4 Å². The third-order valence-electron chi connectivity index (χ3n) is 3.95. The number of thiocarbonyl (C=S) groups is 1. The van der Waals surface area contributed by atoms with Crippen molar-refractivity contribution in [3.05, 3.63) is 35.4 Å². The summed E-state index contributed by atoms with van der Waals surface area (Å²) in [5, 5.41) is 4.20. The summed E-state index contributed by atoms with van der Waals surface area (Å²) in [5.74, 6) is 0. The summed E-state index contributed by atoms with van der Waals surface area (Å²) in [5.41, 5.74) is 2.73. The Bertz CT molecular complexity index is 473. The molecule has 1 aromatic carbocycles. The Labute approximate surface area is 139 Å². The van der Waals surface area contributed by atoms with Gasteiger partial charge >= 0.3 is 0 Å². The zero-order chi connectivity index (χ0) is 15.8. The zero-order valence-electron chi connectivity index (χ0n) is 13.7. The molecule has 1 aliphatic heterocycles. The molecule has 0 spiro atoms. The van der Waals surface area contributed by atoms with Gasteiger partial charge in [-0.3, -0.25) is 4.90 Å². The third-order valence-corrected chi connectivity index (χ3v) is 4.35. The molecule has 0 amide bonds. The van der Waals surface area contributed by atoms with E-state index in [4.69, 9.17) is 17.0 Å². The predicted octanol–water partition coefficient (Wildman–Crippen LogP) is 2.02. The number of nitrogens with one attached hydrogen (secondary N) is 1. The van der Waals surface area contributed by atoms with E-state index in [-0.39, 0.29) is 0 Å². The van der Waals surface area contributed by atoms with E-state index in [1.54, 1.807) is 7.11 Å². The largest absolute Gasteiger partial charge is 0.385 e. The quantitative estimate of drug-likeness (QED) is 0.639. The minimum absolute atomic E-state index is 0.778. The normalized spacial score (nSPS) is 15.8. The minimum Gasteiger partial charge on any atom is -0.385 e. The molecule has 0 bridgehead atoms. The van der Waals surface area contributed by atoms with E-state index >= 15 is 0 Å². The standard InChI is InChI=1S/C17H27N3OS/c1-15-5-3-6-16(13-15)14-19-8-10-20(11-9-19)17(22)18-7-4-12-21-2/h3,5-6,13H,4,7-12,14H2,1-2H3,(H,18,22). The van der Waals surface area contributed by atoms with Crippen molar-refractivity contribution < 1.29 is 4.74 Å². The van der Waals surface area contributed by atoms with Gasteiger partial charge in [-0.1, -0.05) is 29.8 Å². The maximum absolute atomic E-state index is 5.46. The van der Waals surface area contributed by atoms with Crippen molar-refractivity contribution in [2.45, 2.75) is 19.9 Å². The van der Waals surface area contributed by atoms with E-state index < -0.39 is 0 Å². The van der Waals surface area contributed by atoms with Crippen molar-refractivity contribution in [3.63, 3.8) is 0 Å². The number of hydrogen-bond donors (Lipinski definition) is 1. The molecule has 22 heavy (non-hydrogen) atoms. The number of piperazine rings is 1. The van der Waals surface area contributed by atoms with Gasteiger partial charge in [-0.15, -0.1) is 0 Å². The maximum atomic E-state index is 5.46. The molecule has 122 valence electrons. The van der Waals surface area contributed by atoms with Crippen LogP contribution in [0.25, 0.3) is 0 Å². The Morgan fingerprint density at radius 2 is 2.05 bits per heavy atom. The van der Waals surface area contributed by atoms with Crippen LogP contribution < -0.4 is 5.32 Å². The smallest absolute Gasteiger partial charge is 0.169 e. The van der Waals surface area contributed by atoms with Crippen LogP contribution >= 0.6 is 12.2 Å². The van der Waals surface area contributed by atoms with Crippen LogP contribution in [-0.2, 0) is 11.3 Å². The second kappa shape index (κ2) is 9.08. The van der Waals surface area contributed by atoms with Crippen LogP contribution in [0.5, 0.6) is 0 Å². The molecule has 1 heterocycles. The second-order valence-electron chi connectivity index (χ2n) is 5.83. The lowest BCUT2D eigenvalue weighted by molar-refractivity contribution is 0.173. The molecule has 1 fully saturated rings. The number of nitrogens with zero attached hydrogens (tertiary/aromatic N) is 2. The first-order chi connectivity index (χ1) is 10.7. The molecular formula is C17H27N3OS. The predicted molar refractivity (Wildman–Crippen MR) is 95.1 cm³/mol. The number of methoxy groups -OCH3 is 1. The monoisotopic (exact) mass is 321 g/mol. The number of rotatable bonds is 6. The SMILES string of the molecule is COCCCNC(=S)N1CCN(Cc2cccc(C)c2)CC1. The van der Waals surface area contributed by atoms with Crippen LogP contribution in [0.1, 0.15) is 17.5 Å². The van der Waals surface area contributed by atoms with Crippen molar-refractivity contribution in [3.8, 4) is 0 Å². The molecule has 0 unspecified atom stereocenters. The summed E-state index contributed by atoms with van der Waals surface area (Å²) in [7, 11) is 1.73. The lowest BCUT2D eigenvalue weighted by atomic mass is 10.1. The lowest BCUT2D eigenvalue weighted by Crippen LogP contribution is -2.51. The van der Waals surface area contributed by atoms with Crippen LogP contribution in [0.15, 0.2) is 24.3 Å². The molecule has 4 nitrogen and oxygen atoms in total. The molecule has 1 aromatic rings. The average molecular weight is 321 g/mol. The molecule has 0 aromatic heterocycles. The summed E-state index contributed by atoms with van der Waals surface area (Å²) in [6.45, 7) is 8.97. The van der Waals surface area contributed by atoms with Crippen LogP contribution in [0.4, 0.5) is 0 Å². The minimum atomic E-state index is 0.778. The first-order valence-electron chi connectivity index (χ1n) is 7.98. The molecule has 1 N–H and O–H groups in total. The van der Waals surface area contributed by atoms with Crippen molar-refractivity contribution in [2.24, 2.45) is 0 Å². The van der Waals surface area contributed by atoms with Crippen molar-refractivity contribution in [2.75, 3.05) is 46.4 Å². The van der Waals surface area contributed by atoms with Gasteiger partial charge in [-0.05, 0) is 31.1 Å². The first-order valence-corrected chi connectivity index (χ1v) is 8.39. The molecular weight excluding hydrogens is 294 g/mol. The summed E-state index contributed by atoms with van der Waals surface area (Å²) >= 11 is 5.46. The number of hydrogen-bond acceptors (Lipinski definition) is 3. The molecule has 0 atom stereocenters. The van der Waals surface area contributed by atoms with Crippen LogP contribution in [-0.4, -0.2) is 61.4 Å². The highest BCUT2D eigenvalue weighted by molar-refractivity contribution is 7.80. The number of ether oxygens (including phenoxy) is 1. The topological polar surface area (TPSA) is 27.7 Å². The van der Waals surface area contributed by atoms with E-state index in [1.165, 1.54) is 11.1 Å². The summed E-state index contributed by atoms with van der Waals surface area (Å²) in [6, 6.07) is 8.77. The van der Waals surface area contributed by atoms with Crippen molar-refractivity contribution in [1.82, 2.24) is 15.1 Å². The number of benzene rings is 1. The molecule has 0 saturated carbocycles. The Morgan fingerprint density at radius 1 is 1.27 bits per heavy atom. The molecule has 2 rings (SSSR count). The Kier molecular flexibility index (Phi) is 7.09. The van der Waals surface area contributed by atoms with Gasteiger partial charge in [0.05, 0.1) is 0 Å². The zero-order valence-corrected chi connectivity index (χ0v) is 14.5. The second-order valence-corrected chi connectivity index (χ2v) is 6.22. The van der Waals surface area contributed by atoms with E-state index in [1.807, 2.05) is 0 Å². The van der Waals surface area contributed by atoms with Crippen LogP contribution in [0.2, 0.25) is 0 Å². The molecule has 5 heteroatoms. The highest BCUT2D eigenvalue weighted by Gasteiger charge is 2.18. The highest BCUT2D eigenvalue weighted by Crippen LogP contribution is 2.10.